The van der Waals surface area contributed by atoms with Crippen LogP contribution in [0.1, 0.15) is 29.5 Å². The van der Waals surface area contributed by atoms with Crippen LogP contribution in [-0.2, 0) is 17.7 Å². The molecule has 172 valence electrons. The van der Waals surface area contributed by atoms with Crippen molar-refractivity contribution in [1.29, 1.82) is 0 Å². The van der Waals surface area contributed by atoms with Gasteiger partial charge in [-0.05, 0) is 49.4 Å². The maximum absolute atomic E-state index is 6.11. The molecule has 1 aliphatic heterocycles. The van der Waals surface area contributed by atoms with Gasteiger partial charge in [0.15, 0.2) is 5.96 Å². The first-order chi connectivity index (χ1) is 15.2. The molecule has 3 N–H and O–H groups in total. The number of fused-ring (bicyclic) bond motifs is 1. The molecule has 7 heteroatoms. The van der Waals surface area contributed by atoms with Crippen LogP contribution < -0.4 is 15.4 Å². The van der Waals surface area contributed by atoms with Crippen LogP contribution in [-0.4, -0.2) is 43.9 Å². The number of nitrogens with one attached hydrogen (secondary N) is 3. The first-order valence-electron chi connectivity index (χ1n) is 11.1. The van der Waals surface area contributed by atoms with Gasteiger partial charge in [-0.3, -0.25) is 4.99 Å². The Morgan fingerprint density at radius 3 is 2.88 bits per heavy atom. The van der Waals surface area contributed by atoms with Gasteiger partial charge in [0.2, 0.25) is 0 Å². The molecule has 0 saturated carbocycles. The molecule has 2 aromatic carbocycles. The van der Waals surface area contributed by atoms with E-state index < -0.39 is 0 Å². The fourth-order valence-corrected chi connectivity index (χ4v) is 3.95. The van der Waals surface area contributed by atoms with Crippen LogP contribution in [0.2, 0.25) is 0 Å². The maximum atomic E-state index is 6.11. The Hall–Kier alpha value is -2.26. The van der Waals surface area contributed by atoms with E-state index in [-0.39, 0.29) is 30.1 Å². The Balaban J connectivity index is 0.00000289. The number of aryl methyl sites for hydroxylation is 1. The fourth-order valence-electron chi connectivity index (χ4n) is 3.95. The lowest BCUT2D eigenvalue weighted by molar-refractivity contribution is 0.0676. The lowest BCUT2D eigenvalue weighted by atomic mass is 10.1. The second-order valence-corrected chi connectivity index (χ2v) is 8.02. The molecule has 1 saturated heterocycles. The predicted octanol–water partition coefficient (Wildman–Crippen LogP) is 4.56. The Morgan fingerprint density at radius 2 is 2.06 bits per heavy atom. The summed E-state index contributed by atoms with van der Waals surface area (Å²) in [5.41, 5.74) is 4.78. The van der Waals surface area contributed by atoms with Crippen molar-refractivity contribution >= 4 is 40.8 Å². The van der Waals surface area contributed by atoms with Crippen molar-refractivity contribution in [2.75, 3.05) is 26.8 Å². The molecule has 0 amide bonds. The average molecular weight is 548 g/mol. The zero-order valence-electron chi connectivity index (χ0n) is 18.8. The van der Waals surface area contributed by atoms with E-state index in [9.17, 15) is 0 Å². The molecule has 4 rings (SSSR count). The first-order valence-corrected chi connectivity index (χ1v) is 11.1. The van der Waals surface area contributed by atoms with Crippen molar-refractivity contribution in [3.63, 3.8) is 0 Å². The van der Waals surface area contributed by atoms with Crippen molar-refractivity contribution in [3.8, 4) is 5.75 Å². The summed E-state index contributed by atoms with van der Waals surface area (Å²) >= 11 is 0. The van der Waals surface area contributed by atoms with Crippen LogP contribution in [0.3, 0.4) is 0 Å². The van der Waals surface area contributed by atoms with Crippen molar-refractivity contribution in [2.45, 2.75) is 38.8 Å². The number of halogens is 1. The maximum Gasteiger partial charge on any atom is 0.191 e. The molecule has 0 radical (unpaired) electrons. The second kappa shape index (κ2) is 12.1. The highest BCUT2D eigenvalue weighted by molar-refractivity contribution is 14.0. The minimum absolute atomic E-state index is 0. The number of aromatic amines is 1. The van der Waals surface area contributed by atoms with Crippen LogP contribution in [0.25, 0.3) is 10.9 Å². The summed E-state index contributed by atoms with van der Waals surface area (Å²) in [7, 11) is 1.80. The highest BCUT2D eigenvalue weighted by atomic mass is 127. The number of aromatic nitrogens is 1. The number of hydrogen-bond acceptors (Lipinski definition) is 3. The van der Waals surface area contributed by atoms with Gasteiger partial charge >= 0.3 is 0 Å². The lowest BCUT2D eigenvalue weighted by Crippen LogP contribution is -2.38. The minimum atomic E-state index is 0. The van der Waals surface area contributed by atoms with Crippen LogP contribution in [0.5, 0.6) is 5.75 Å². The third-order valence-corrected chi connectivity index (χ3v) is 5.70. The zero-order valence-corrected chi connectivity index (χ0v) is 21.1. The molecule has 6 nitrogen and oxygen atoms in total. The summed E-state index contributed by atoms with van der Waals surface area (Å²) < 4.78 is 11.8. The zero-order chi connectivity index (χ0) is 21.5. The van der Waals surface area contributed by atoms with Crippen LogP contribution in [0.15, 0.2) is 53.7 Å². The molecule has 32 heavy (non-hydrogen) atoms. The molecule has 1 fully saturated rings. The number of para-hydroxylation sites is 1. The molecule has 1 atom stereocenters. The molecule has 1 aromatic heterocycles. The third kappa shape index (κ3) is 6.38. The molecule has 0 bridgehead atoms. The van der Waals surface area contributed by atoms with E-state index >= 15 is 0 Å². The van der Waals surface area contributed by atoms with Gasteiger partial charge < -0.3 is 25.1 Å². The van der Waals surface area contributed by atoms with Gasteiger partial charge in [-0.1, -0.05) is 30.3 Å². The van der Waals surface area contributed by atoms with Crippen LogP contribution in [0, 0.1) is 6.92 Å². The minimum Gasteiger partial charge on any atom is -0.491 e. The molecule has 3 aromatic rings. The number of guanidine groups is 1. The monoisotopic (exact) mass is 548 g/mol. The van der Waals surface area contributed by atoms with E-state index in [0.29, 0.717) is 13.2 Å². The van der Waals surface area contributed by atoms with Gasteiger partial charge in [0.05, 0.1) is 6.10 Å². The summed E-state index contributed by atoms with van der Waals surface area (Å²) in [5, 5.41) is 8.10. The largest absolute Gasteiger partial charge is 0.491 e. The Kier molecular flexibility index (Phi) is 9.23. The summed E-state index contributed by atoms with van der Waals surface area (Å²) in [6, 6.07) is 14.7. The number of hydrogen-bond donors (Lipinski definition) is 3. The average Bonchev–Trinajstić information content (AvgIpc) is 3.46. The highest BCUT2D eigenvalue weighted by Gasteiger charge is 2.17. The normalized spacial score (nSPS) is 16.1. The van der Waals surface area contributed by atoms with E-state index in [0.717, 1.165) is 49.7 Å². The first kappa shape index (κ1) is 24.4. The highest BCUT2D eigenvalue weighted by Crippen LogP contribution is 2.22. The van der Waals surface area contributed by atoms with Crippen LogP contribution in [0.4, 0.5) is 0 Å². The van der Waals surface area contributed by atoms with Gasteiger partial charge in [0.25, 0.3) is 0 Å². The van der Waals surface area contributed by atoms with Crippen molar-refractivity contribution < 1.29 is 9.47 Å². The Labute approximate surface area is 207 Å². The van der Waals surface area contributed by atoms with Crippen LogP contribution >= 0.6 is 24.0 Å². The van der Waals surface area contributed by atoms with E-state index in [1.807, 2.05) is 0 Å². The number of ether oxygens (including phenoxy) is 2. The Morgan fingerprint density at radius 1 is 1.19 bits per heavy atom. The van der Waals surface area contributed by atoms with E-state index in [2.05, 4.69) is 76.2 Å². The van der Waals surface area contributed by atoms with E-state index in [1.165, 1.54) is 22.0 Å². The number of aliphatic imine (C=N–C) groups is 1. The summed E-state index contributed by atoms with van der Waals surface area (Å²) in [4.78, 5) is 7.70. The molecular weight excluding hydrogens is 515 g/mol. The van der Waals surface area contributed by atoms with Crippen molar-refractivity contribution in [1.82, 2.24) is 15.6 Å². The topological polar surface area (TPSA) is 70.7 Å². The smallest absolute Gasteiger partial charge is 0.191 e. The summed E-state index contributed by atoms with van der Waals surface area (Å²) in [5.74, 6) is 1.70. The fraction of sp³-hybridized carbons (Fsp3) is 0.400. The molecule has 1 unspecified atom stereocenters. The number of H-pyrrole nitrogens is 1. The number of nitrogens with zero attached hydrogens (tertiary/aromatic N) is 1. The molecule has 0 spiro atoms. The Bertz CT molecular complexity index is 1030. The van der Waals surface area contributed by atoms with Gasteiger partial charge in [0, 0.05) is 49.4 Å². The lowest BCUT2D eigenvalue weighted by Gasteiger charge is -2.17. The number of benzene rings is 2. The van der Waals surface area contributed by atoms with E-state index in [4.69, 9.17) is 9.47 Å². The van der Waals surface area contributed by atoms with Gasteiger partial charge in [-0.15, -0.1) is 24.0 Å². The molecule has 1 aliphatic rings. The van der Waals surface area contributed by atoms with E-state index in [1.54, 1.807) is 7.05 Å². The van der Waals surface area contributed by atoms with Crippen molar-refractivity contribution in [2.24, 2.45) is 4.99 Å². The molecular formula is C25H33IN4O2. The molecule has 0 aliphatic carbocycles. The quantitative estimate of drug-likeness (QED) is 0.219. The second-order valence-electron chi connectivity index (χ2n) is 8.02. The summed E-state index contributed by atoms with van der Waals surface area (Å²) in [6.07, 6.45) is 5.42. The SMILES string of the molecule is CN=C(NCCc1c[nH]c2ccccc12)NCc1ccc(C)cc1OCC1CCCO1.I. The van der Waals surface area contributed by atoms with Gasteiger partial charge in [0.1, 0.15) is 12.4 Å². The summed E-state index contributed by atoms with van der Waals surface area (Å²) in [6.45, 7) is 4.98. The third-order valence-electron chi connectivity index (χ3n) is 5.70. The van der Waals surface area contributed by atoms with Crippen molar-refractivity contribution in [3.05, 3.63) is 65.4 Å². The number of rotatable bonds is 8. The predicted molar refractivity (Wildman–Crippen MR) is 141 cm³/mol. The molecule has 2 heterocycles. The van der Waals surface area contributed by atoms with Gasteiger partial charge in [-0.25, -0.2) is 0 Å². The van der Waals surface area contributed by atoms with Gasteiger partial charge in [-0.2, -0.15) is 0 Å². The standard InChI is InChI=1S/C25H32N4O2.HI/c1-18-9-10-20(24(14-18)31-17-21-6-5-13-30-21)16-29-25(26-2)27-12-11-19-15-28-23-8-4-3-7-22(19)23;/h3-4,7-10,14-15,21,28H,5-6,11-13,16-17H2,1-2H3,(H2,26,27,29);1H.